The van der Waals surface area contributed by atoms with Gasteiger partial charge in [0.25, 0.3) is 0 Å². The molecule has 0 aromatic rings. The second-order valence-electron chi connectivity index (χ2n) is 4.03. The fourth-order valence-corrected chi connectivity index (χ4v) is 1.84. The molecule has 1 N–H and O–H groups in total. The van der Waals surface area contributed by atoms with E-state index in [0.29, 0.717) is 0 Å². The highest BCUT2D eigenvalue weighted by Crippen LogP contribution is 2.19. The lowest BCUT2D eigenvalue weighted by Gasteiger charge is -2.14. The minimum absolute atomic E-state index is 0.0447. The van der Waals surface area contributed by atoms with Gasteiger partial charge in [0.1, 0.15) is 13.0 Å². The third kappa shape index (κ3) is 5.52. The van der Waals surface area contributed by atoms with Crippen molar-refractivity contribution in [3.63, 3.8) is 0 Å². The van der Waals surface area contributed by atoms with E-state index in [1.165, 1.54) is 12.8 Å². The molecule has 86 valence electrons. The van der Waals surface area contributed by atoms with Crippen molar-refractivity contribution in [2.75, 3.05) is 6.61 Å². The van der Waals surface area contributed by atoms with Crippen molar-refractivity contribution < 1.29 is 19.4 Å². The highest BCUT2D eigenvalue weighted by Gasteiger charge is 2.15. The number of hydrogen-bond acceptors (Lipinski definition) is 3. The van der Waals surface area contributed by atoms with Gasteiger partial charge in [-0.25, -0.2) is 0 Å². The Hall–Kier alpha value is -0.900. The van der Waals surface area contributed by atoms with E-state index in [0.717, 1.165) is 25.7 Å². The van der Waals surface area contributed by atoms with Gasteiger partial charge in [-0.3, -0.25) is 9.59 Å². The maximum Gasteiger partial charge on any atom is 0.310 e. The molecule has 0 spiro atoms. The molecule has 1 aliphatic carbocycles. The Labute approximate surface area is 89.6 Å². The minimum Gasteiger partial charge on any atom is -0.481 e. The van der Waals surface area contributed by atoms with Gasteiger partial charge in [-0.05, 0) is 12.8 Å². The average molecular weight is 214 g/mol. The number of carboxylic acids is 1. The molecule has 0 atom stereocenters. The van der Waals surface area contributed by atoms with Crippen LogP contribution in [-0.4, -0.2) is 29.6 Å². The van der Waals surface area contributed by atoms with Gasteiger partial charge in [0.05, 0.1) is 6.10 Å². The first-order chi connectivity index (χ1) is 7.18. The molecule has 0 radical (unpaired) electrons. The van der Waals surface area contributed by atoms with Crippen LogP contribution in [0.15, 0.2) is 0 Å². The second kappa shape index (κ2) is 6.56. The molecule has 1 rings (SSSR count). The standard InChI is InChI=1S/C11H18O4/c12-9(7-11(13)14)8-15-10-5-3-1-2-4-6-10/h10H,1-8H2,(H,13,14). The summed E-state index contributed by atoms with van der Waals surface area (Å²) in [6.07, 6.45) is 6.51. The summed E-state index contributed by atoms with van der Waals surface area (Å²) < 4.78 is 5.41. The Balaban J connectivity index is 2.17. The Morgan fingerprint density at radius 1 is 1.13 bits per heavy atom. The zero-order chi connectivity index (χ0) is 11.1. The van der Waals surface area contributed by atoms with Gasteiger partial charge in [0.15, 0.2) is 5.78 Å². The number of carbonyl (C=O) groups is 2. The fourth-order valence-electron chi connectivity index (χ4n) is 1.84. The van der Waals surface area contributed by atoms with E-state index >= 15 is 0 Å². The van der Waals surface area contributed by atoms with Gasteiger partial charge in [0.2, 0.25) is 0 Å². The van der Waals surface area contributed by atoms with Gasteiger partial charge in [0, 0.05) is 0 Å². The maximum atomic E-state index is 11.1. The SMILES string of the molecule is O=C(O)CC(=O)COC1CCCCCC1. The van der Waals surface area contributed by atoms with E-state index in [1.807, 2.05) is 0 Å². The van der Waals surface area contributed by atoms with E-state index in [-0.39, 0.29) is 18.5 Å². The Bertz CT molecular complexity index is 217. The van der Waals surface area contributed by atoms with E-state index in [9.17, 15) is 9.59 Å². The lowest BCUT2D eigenvalue weighted by molar-refractivity contribution is -0.142. The highest BCUT2D eigenvalue weighted by atomic mass is 16.5. The molecule has 0 aliphatic heterocycles. The van der Waals surface area contributed by atoms with E-state index < -0.39 is 12.4 Å². The zero-order valence-corrected chi connectivity index (χ0v) is 8.91. The third-order valence-corrected chi connectivity index (χ3v) is 2.63. The van der Waals surface area contributed by atoms with Crippen LogP contribution < -0.4 is 0 Å². The number of ketones is 1. The molecular weight excluding hydrogens is 196 g/mol. The van der Waals surface area contributed by atoms with Gasteiger partial charge < -0.3 is 9.84 Å². The topological polar surface area (TPSA) is 63.6 Å². The number of Topliss-reactive ketones (excluding diaryl/α,β-unsaturated/α-hetero) is 1. The van der Waals surface area contributed by atoms with Crippen LogP contribution in [0.5, 0.6) is 0 Å². The summed E-state index contributed by atoms with van der Waals surface area (Å²) in [5, 5.41) is 8.39. The van der Waals surface area contributed by atoms with E-state index in [2.05, 4.69) is 0 Å². The van der Waals surface area contributed by atoms with E-state index in [1.54, 1.807) is 0 Å². The van der Waals surface area contributed by atoms with Gasteiger partial charge >= 0.3 is 5.97 Å². The van der Waals surface area contributed by atoms with Crippen molar-refractivity contribution >= 4 is 11.8 Å². The van der Waals surface area contributed by atoms with Crippen molar-refractivity contribution in [2.24, 2.45) is 0 Å². The monoisotopic (exact) mass is 214 g/mol. The molecule has 0 aromatic carbocycles. The molecule has 4 heteroatoms. The summed E-state index contributed by atoms with van der Waals surface area (Å²) in [5.74, 6) is -1.42. The quantitative estimate of drug-likeness (QED) is 0.559. The highest BCUT2D eigenvalue weighted by molar-refractivity contribution is 5.95. The smallest absolute Gasteiger partial charge is 0.310 e. The molecule has 1 fully saturated rings. The molecule has 0 aromatic heterocycles. The number of rotatable bonds is 5. The van der Waals surface area contributed by atoms with Crippen molar-refractivity contribution in [1.29, 1.82) is 0 Å². The molecule has 0 unspecified atom stereocenters. The van der Waals surface area contributed by atoms with E-state index in [4.69, 9.17) is 9.84 Å². The minimum atomic E-state index is -1.08. The Morgan fingerprint density at radius 3 is 2.27 bits per heavy atom. The van der Waals surface area contributed by atoms with Crippen molar-refractivity contribution in [3.05, 3.63) is 0 Å². The van der Waals surface area contributed by atoms with Crippen LogP contribution in [0.1, 0.15) is 44.9 Å². The maximum absolute atomic E-state index is 11.1. The largest absolute Gasteiger partial charge is 0.481 e. The molecule has 4 nitrogen and oxygen atoms in total. The Kier molecular flexibility index (Phi) is 5.32. The summed E-state index contributed by atoms with van der Waals surface area (Å²) >= 11 is 0. The van der Waals surface area contributed by atoms with Crippen molar-refractivity contribution in [3.8, 4) is 0 Å². The number of carbonyl (C=O) groups excluding carboxylic acids is 1. The van der Waals surface area contributed by atoms with Crippen LogP contribution in [-0.2, 0) is 14.3 Å². The summed E-state index contributed by atoms with van der Waals surface area (Å²) in [6.45, 7) is -0.0447. The average Bonchev–Trinajstić information content (AvgIpc) is 2.41. The molecule has 1 saturated carbocycles. The van der Waals surface area contributed by atoms with Gasteiger partial charge in [-0.1, -0.05) is 25.7 Å². The van der Waals surface area contributed by atoms with Crippen molar-refractivity contribution in [2.45, 2.75) is 51.0 Å². The Morgan fingerprint density at radius 2 is 1.73 bits per heavy atom. The molecule has 0 amide bonds. The summed E-state index contributed by atoms with van der Waals surface area (Å²) in [6, 6.07) is 0. The molecular formula is C11H18O4. The van der Waals surface area contributed by atoms with Crippen LogP contribution >= 0.6 is 0 Å². The molecule has 0 bridgehead atoms. The lowest BCUT2D eigenvalue weighted by Crippen LogP contribution is -2.19. The zero-order valence-electron chi connectivity index (χ0n) is 8.91. The van der Waals surface area contributed by atoms with Crippen molar-refractivity contribution in [1.82, 2.24) is 0 Å². The summed E-state index contributed by atoms with van der Waals surface area (Å²) in [5.41, 5.74) is 0. The molecule has 0 heterocycles. The summed E-state index contributed by atoms with van der Waals surface area (Å²) in [4.78, 5) is 21.3. The number of hydrogen-bond donors (Lipinski definition) is 1. The van der Waals surface area contributed by atoms with Crippen LogP contribution in [0.4, 0.5) is 0 Å². The number of aliphatic carboxylic acids is 1. The van der Waals surface area contributed by atoms with Gasteiger partial charge in [-0.15, -0.1) is 0 Å². The lowest BCUT2D eigenvalue weighted by atomic mass is 10.1. The molecule has 15 heavy (non-hydrogen) atoms. The normalized spacial score (nSPS) is 18.4. The first-order valence-corrected chi connectivity index (χ1v) is 5.53. The number of ether oxygens (including phenoxy) is 1. The van der Waals surface area contributed by atoms with Crippen LogP contribution in [0.25, 0.3) is 0 Å². The summed E-state index contributed by atoms with van der Waals surface area (Å²) in [7, 11) is 0. The third-order valence-electron chi connectivity index (χ3n) is 2.63. The second-order valence-corrected chi connectivity index (χ2v) is 4.03. The first-order valence-electron chi connectivity index (χ1n) is 5.53. The fraction of sp³-hybridized carbons (Fsp3) is 0.818. The van der Waals surface area contributed by atoms with Crippen LogP contribution in [0.2, 0.25) is 0 Å². The van der Waals surface area contributed by atoms with Crippen LogP contribution in [0, 0.1) is 0 Å². The predicted octanol–water partition coefficient (Wildman–Crippen LogP) is 1.77. The van der Waals surface area contributed by atoms with Crippen LogP contribution in [0.3, 0.4) is 0 Å². The number of carboxylic acid groups (broad SMARTS) is 1. The predicted molar refractivity (Wildman–Crippen MR) is 54.7 cm³/mol. The molecule has 1 aliphatic rings. The molecule has 0 saturated heterocycles. The van der Waals surface area contributed by atoms with Gasteiger partial charge in [-0.2, -0.15) is 0 Å². The first kappa shape index (κ1) is 12.2.